The highest BCUT2D eigenvalue weighted by molar-refractivity contribution is 5.76. The van der Waals surface area contributed by atoms with Crippen molar-refractivity contribution in [2.45, 2.75) is 52.2 Å². The third kappa shape index (κ3) is 8.64. The van der Waals surface area contributed by atoms with Gasteiger partial charge in [-0.25, -0.2) is 0 Å². The van der Waals surface area contributed by atoms with Crippen molar-refractivity contribution in [3.8, 4) is 5.75 Å². The molecule has 0 amide bonds. The summed E-state index contributed by atoms with van der Waals surface area (Å²) in [4.78, 5) is 12.6. The van der Waals surface area contributed by atoms with E-state index in [0.717, 1.165) is 39.8 Å². The molecule has 176 valence electrons. The molecule has 0 fully saturated rings. The molecular weight excluding hydrogens is 400 g/mol. The molecule has 0 aliphatic carbocycles. The van der Waals surface area contributed by atoms with Gasteiger partial charge in [-0.05, 0) is 55.4 Å². The number of benzene rings is 2. The summed E-state index contributed by atoms with van der Waals surface area (Å²) in [5.74, 6) is 0.451. The molecule has 5 heteroatoms. The number of hydrogen-bond acceptors (Lipinski definition) is 4. The van der Waals surface area contributed by atoms with Crippen LogP contribution in [0.15, 0.2) is 48.5 Å². The van der Waals surface area contributed by atoms with Crippen LogP contribution < -0.4 is 10.5 Å². The van der Waals surface area contributed by atoms with E-state index in [-0.39, 0.29) is 11.9 Å². The van der Waals surface area contributed by atoms with E-state index in [9.17, 15) is 4.79 Å². The molecule has 2 rings (SSSR count). The summed E-state index contributed by atoms with van der Waals surface area (Å²) in [5, 5.41) is 0. The molecule has 0 saturated carbocycles. The highest BCUT2D eigenvalue weighted by Crippen LogP contribution is 2.29. The number of carbonyl (C=O) groups excluding carboxylic acids is 1. The summed E-state index contributed by atoms with van der Waals surface area (Å²) < 4.78 is 12.8. The maximum absolute atomic E-state index is 12.6. The Kier molecular flexibility index (Phi) is 9.73. The van der Waals surface area contributed by atoms with Crippen molar-refractivity contribution >= 4 is 5.97 Å². The zero-order valence-corrected chi connectivity index (χ0v) is 20.6. The van der Waals surface area contributed by atoms with Gasteiger partial charge in [-0.15, -0.1) is 0 Å². The highest BCUT2D eigenvalue weighted by atomic mass is 16.5. The maximum Gasteiger partial charge on any atom is 0.324 e. The first-order valence-electron chi connectivity index (χ1n) is 11.6. The van der Waals surface area contributed by atoms with Crippen molar-refractivity contribution in [3.63, 3.8) is 0 Å². The maximum atomic E-state index is 12.6. The number of ether oxygens (including phenoxy) is 2. The van der Waals surface area contributed by atoms with Gasteiger partial charge in [0.15, 0.2) is 6.10 Å². The first-order chi connectivity index (χ1) is 15.1. The van der Waals surface area contributed by atoms with Crippen LogP contribution in [0.5, 0.6) is 5.75 Å². The molecular formula is C27H41N2O3+. The van der Waals surface area contributed by atoms with E-state index in [0.29, 0.717) is 6.61 Å². The van der Waals surface area contributed by atoms with Gasteiger partial charge in [0.2, 0.25) is 0 Å². The molecule has 2 unspecified atom stereocenters. The van der Waals surface area contributed by atoms with Crippen LogP contribution in [0.1, 0.15) is 55.9 Å². The minimum Gasteiger partial charge on any atom is -0.494 e. The number of nitrogens with two attached hydrogens (primary N) is 1. The minimum atomic E-state index is -0.650. The Labute approximate surface area is 194 Å². The summed E-state index contributed by atoms with van der Waals surface area (Å²) >= 11 is 0. The molecule has 0 aliphatic rings. The van der Waals surface area contributed by atoms with Crippen molar-refractivity contribution < 1.29 is 18.8 Å². The van der Waals surface area contributed by atoms with Crippen LogP contribution in [0.3, 0.4) is 0 Å². The second-order valence-electron chi connectivity index (χ2n) is 9.99. The second-order valence-corrected chi connectivity index (χ2v) is 9.99. The van der Waals surface area contributed by atoms with Crippen LogP contribution in [-0.4, -0.2) is 50.8 Å². The van der Waals surface area contributed by atoms with E-state index >= 15 is 0 Å². The zero-order chi connectivity index (χ0) is 23.7. The summed E-state index contributed by atoms with van der Waals surface area (Å²) in [6, 6.07) is 15.2. The molecule has 0 spiro atoms. The standard InChI is InChI=1S/C27H41N2O3/c1-20(2)25(28)27(30)32-26(22-12-10-21(3)11-13-22)23-14-16-24(17-15-23)31-19-9-7-8-18-29(4,5)6/h10-17,20,25-26H,7-9,18-19,28H2,1-6H3/q+1. The van der Waals surface area contributed by atoms with Crippen molar-refractivity contribution in [1.82, 2.24) is 0 Å². The number of nitrogens with zero attached hydrogens (tertiary/aromatic N) is 1. The molecule has 2 aromatic carbocycles. The number of rotatable bonds is 12. The van der Waals surface area contributed by atoms with E-state index in [2.05, 4.69) is 21.1 Å². The molecule has 5 nitrogen and oxygen atoms in total. The number of esters is 1. The summed E-state index contributed by atoms with van der Waals surface area (Å²) in [6.07, 6.45) is 2.90. The lowest BCUT2D eigenvalue weighted by atomic mass is 9.99. The summed E-state index contributed by atoms with van der Waals surface area (Å²) in [7, 11) is 6.65. The van der Waals surface area contributed by atoms with Crippen molar-refractivity contribution in [2.75, 3.05) is 34.3 Å². The highest BCUT2D eigenvalue weighted by Gasteiger charge is 2.25. The molecule has 0 heterocycles. The number of aryl methyl sites for hydroxylation is 1. The Morgan fingerprint density at radius 2 is 1.47 bits per heavy atom. The van der Waals surface area contributed by atoms with Crippen LogP contribution in [-0.2, 0) is 9.53 Å². The molecule has 0 bridgehead atoms. The molecule has 0 radical (unpaired) electrons. The lowest BCUT2D eigenvalue weighted by Gasteiger charge is -2.23. The molecule has 0 aliphatic heterocycles. The third-order valence-corrected chi connectivity index (χ3v) is 5.53. The lowest BCUT2D eigenvalue weighted by molar-refractivity contribution is -0.870. The summed E-state index contributed by atoms with van der Waals surface area (Å²) in [6.45, 7) is 7.75. The Hall–Kier alpha value is -2.37. The van der Waals surface area contributed by atoms with Gasteiger partial charge in [0.1, 0.15) is 11.8 Å². The molecule has 0 aromatic heterocycles. The fourth-order valence-electron chi connectivity index (χ4n) is 3.33. The van der Waals surface area contributed by atoms with Gasteiger partial charge < -0.3 is 19.7 Å². The number of unbranched alkanes of at least 4 members (excludes halogenated alkanes) is 2. The predicted molar refractivity (Wildman–Crippen MR) is 131 cm³/mol. The van der Waals surface area contributed by atoms with E-state index in [1.807, 2.05) is 69.3 Å². The van der Waals surface area contributed by atoms with Gasteiger partial charge in [-0.2, -0.15) is 0 Å². The van der Waals surface area contributed by atoms with Gasteiger partial charge in [0.25, 0.3) is 0 Å². The Morgan fingerprint density at radius 3 is 2.00 bits per heavy atom. The number of quaternary nitrogens is 1. The summed E-state index contributed by atoms with van der Waals surface area (Å²) in [5.41, 5.74) is 9.00. The smallest absolute Gasteiger partial charge is 0.324 e. The largest absolute Gasteiger partial charge is 0.494 e. The first kappa shape index (κ1) is 25.9. The van der Waals surface area contributed by atoms with E-state index in [1.54, 1.807) is 0 Å². The van der Waals surface area contributed by atoms with Gasteiger partial charge in [0.05, 0.1) is 34.3 Å². The van der Waals surface area contributed by atoms with Crippen LogP contribution in [0, 0.1) is 12.8 Å². The van der Waals surface area contributed by atoms with Crippen molar-refractivity contribution in [2.24, 2.45) is 11.7 Å². The lowest BCUT2D eigenvalue weighted by Crippen LogP contribution is -2.37. The molecule has 2 N–H and O–H groups in total. The minimum absolute atomic E-state index is 0.0132. The van der Waals surface area contributed by atoms with Crippen LogP contribution in [0.2, 0.25) is 0 Å². The number of hydrogen-bond donors (Lipinski definition) is 1. The normalized spacial score (nSPS) is 13.6. The van der Waals surface area contributed by atoms with Crippen LogP contribution in [0.4, 0.5) is 0 Å². The predicted octanol–water partition coefficient (Wildman–Crippen LogP) is 4.87. The SMILES string of the molecule is Cc1ccc(C(OC(=O)C(N)C(C)C)c2ccc(OCCCCC[N+](C)(C)C)cc2)cc1. The molecule has 32 heavy (non-hydrogen) atoms. The van der Waals surface area contributed by atoms with Crippen molar-refractivity contribution in [3.05, 3.63) is 65.2 Å². The Bertz CT molecular complexity index is 823. The monoisotopic (exact) mass is 441 g/mol. The second kappa shape index (κ2) is 12.0. The van der Waals surface area contributed by atoms with E-state index in [4.69, 9.17) is 15.2 Å². The fraction of sp³-hybridized carbons (Fsp3) is 0.519. The van der Waals surface area contributed by atoms with Crippen LogP contribution >= 0.6 is 0 Å². The van der Waals surface area contributed by atoms with Gasteiger partial charge in [-0.3, -0.25) is 4.79 Å². The first-order valence-corrected chi connectivity index (χ1v) is 11.6. The molecule has 0 saturated heterocycles. The topological polar surface area (TPSA) is 61.5 Å². The van der Waals surface area contributed by atoms with Gasteiger partial charge in [0, 0.05) is 0 Å². The van der Waals surface area contributed by atoms with E-state index < -0.39 is 12.1 Å². The van der Waals surface area contributed by atoms with Crippen LogP contribution in [0.25, 0.3) is 0 Å². The molecule has 2 atom stereocenters. The van der Waals surface area contributed by atoms with E-state index in [1.165, 1.54) is 13.0 Å². The molecule has 2 aromatic rings. The zero-order valence-electron chi connectivity index (χ0n) is 20.6. The van der Waals surface area contributed by atoms with Gasteiger partial charge in [-0.1, -0.05) is 55.8 Å². The average Bonchev–Trinajstić information content (AvgIpc) is 2.74. The van der Waals surface area contributed by atoms with Gasteiger partial charge >= 0.3 is 5.97 Å². The quantitative estimate of drug-likeness (QED) is 0.290. The fourth-order valence-corrected chi connectivity index (χ4v) is 3.33. The number of carbonyl (C=O) groups is 1. The average molecular weight is 442 g/mol. The van der Waals surface area contributed by atoms with Crippen molar-refractivity contribution in [1.29, 1.82) is 0 Å². The Morgan fingerprint density at radius 1 is 0.906 bits per heavy atom. The third-order valence-electron chi connectivity index (χ3n) is 5.53. The Balaban J connectivity index is 2.02.